The molecule has 0 saturated carbocycles. The van der Waals surface area contributed by atoms with E-state index < -0.39 is 5.97 Å². The maximum Gasteiger partial charge on any atom is 0.337 e. The lowest BCUT2D eigenvalue weighted by atomic mass is 10.2. The van der Waals surface area contributed by atoms with Crippen molar-refractivity contribution in [2.75, 3.05) is 25.6 Å². The molecule has 100 valence electrons. The number of pyridine rings is 1. The quantitative estimate of drug-likeness (QED) is 0.712. The van der Waals surface area contributed by atoms with Gasteiger partial charge in [-0.15, -0.1) is 0 Å². The average molecular weight is 273 g/mol. The van der Waals surface area contributed by atoms with Crippen molar-refractivity contribution >= 4 is 23.4 Å². The summed E-state index contributed by atoms with van der Waals surface area (Å²) in [6, 6.07) is 1.39. The van der Waals surface area contributed by atoms with Crippen LogP contribution in [0, 0.1) is 0 Å². The van der Waals surface area contributed by atoms with E-state index in [0.717, 1.165) is 32.4 Å². The number of unbranched alkanes of at least 4 members (excludes halogenated alkanes) is 2. The summed E-state index contributed by atoms with van der Waals surface area (Å²) in [5.41, 5.74) is 0.0886. The van der Waals surface area contributed by atoms with Crippen molar-refractivity contribution < 1.29 is 14.6 Å². The Morgan fingerprint density at radius 3 is 2.89 bits per heavy atom. The van der Waals surface area contributed by atoms with Gasteiger partial charge in [0.1, 0.15) is 5.82 Å². The van der Waals surface area contributed by atoms with Gasteiger partial charge in [0.25, 0.3) is 0 Å². The number of hydrogen-bond acceptors (Lipinski definition) is 4. The van der Waals surface area contributed by atoms with Gasteiger partial charge in [0.2, 0.25) is 0 Å². The molecule has 1 heterocycles. The fraction of sp³-hybridized carbons (Fsp3) is 0.500. The minimum Gasteiger partial charge on any atom is -0.478 e. The van der Waals surface area contributed by atoms with Crippen molar-refractivity contribution in [3.05, 3.63) is 22.8 Å². The molecule has 18 heavy (non-hydrogen) atoms. The standard InChI is InChI=1S/C12H17ClN2O3/c1-18-6-4-2-3-5-14-11-10(13)7-9(8-15-11)12(16)17/h7-8H,2-6H2,1H3,(H,14,15)(H,16,17). The van der Waals surface area contributed by atoms with Gasteiger partial charge >= 0.3 is 5.97 Å². The van der Waals surface area contributed by atoms with Crippen LogP contribution in [0.4, 0.5) is 5.82 Å². The first-order chi connectivity index (χ1) is 8.65. The number of nitrogens with zero attached hydrogens (tertiary/aromatic N) is 1. The number of carboxylic acids is 1. The summed E-state index contributed by atoms with van der Waals surface area (Å²) in [6.07, 6.45) is 4.37. The molecule has 0 aliphatic rings. The minimum absolute atomic E-state index is 0.0886. The first-order valence-corrected chi connectivity index (χ1v) is 6.14. The number of nitrogens with one attached hydrogen (secondary N) is 1. The van der Waals surface area contributed by atoms with E-state index >= 15 is 0 Å². The molecule has 0 fully saturated rings. The molecule has 1 rings (SSSR count). The number of hydrogen-bond donors (Lipinski definition) is 2. The predicted octanol–water partition coefficient (Wildman–Crippen LogP) is 2.66. The smallest absolute Gasteiger partial charge is 0.337 e. The van der Waals surface area contributed by atoms with E-state index in [1.807, 2.05) is 0 Å². The van der Waals surface area contributed by atoms with Crippen LogP contribution >= 0.6 is 11.6 Å². The molecule has 0 aliphatic heterocycles. The summed E-state index contributed by atoms with van der Waals surface area (Å²) < 4.78 is 4.95. The molecule has 0 saturated heterocycles. The number of methoxy groups -OCH3 is 1. The molecule has 0 radical (unpaired) electrons. The fourth-order valence-corrected chi connectivity index (χ4v) is 1.67. The van der Waals surface area contributed by atoms with Crippen LogP contribution in [0.2, 0.25) is 5.02 Å². The monoisotopic (exact) mass is 272 g/mol. The van der Waals surface area contributed by atoms with Gasteiger partial charge in [-0.05, 0) is 25.3 Å². The van der Waals surface area contributed by atoms with Crippen LogP contribution in [-0.4, -0.2) is 36.3 Å². The second kappa shape index (κ2) is 7.89. The molecule has 2 N–H and O–H groups in total. The Bertz CT molecular complexity index is 399. The van der Waals surface area contributed by atoms with E-state index in [0.29, 0.717) is 10.8 Å². The molecule has 0 aliphatic carbocycles. The fourth-order valence-electron chi connectivity index (χ4n) is 1.44. The van der Waals surface area contributed by atoms with Crippen LogP contribution in [0.25, 0.3) is 0 Å². The van der Waals surface area contributed by atoms with Gasteiger partial charge in [0.15, 0.2) is 0 Å². The van der Waals surface area contributed by atoms with Gasteiger partial charge in [-0.1, -0.05) is 11.6 Å². The maximum absolute atomic E-state index is 10.7. The second-order valence-electron chi connectivity index (χ2n) is 3.84. The average Bonchev–Trinajstić information content (AvgIpc) is 2.35. The Morgan fingerprint density at radius 1 is 1.50 bits per heavy atom. The summed E-state index contributed by atoms with van der Waals surface area (Å²) in [7, 11) is 1.69. The van der Waals surface area contributed by atoms with E-state index in [1.54, 1.807) is 7.11 Å². The molecule has 0 spiro atoms. The molecule has 1 aromatic heterocycles. The normalized spacial score (nSPS) is 10.3. The van der Waals surface area contributed by atoms with Crippen molar-refractivity contribution in [2.24, 2.45) is 0 Å². The van der Waals surface area contributed by atoms with Crippen LogP contribution in [-0.2, 0) is 4.74 Å². The third-order valence-corrected chi connectivity index (χ3v) is 2.69. The Morgan fingerprint density at radius 2 is 2.28 bits per heavy atom. The Hall–Kier alpha value is -1.33. The van der Waals surface area contributed by atoms with E-state index in [2.05, 4.69) is 10.3 Å². The molecular formula is C12H17ClN2O3. The molecule has 1 aromatic rings. The number of halogens is 1. The highest BCUT2D eigenvalue weighted by atomic mass is 35.5. The molecule has 0 aromatic carbocycles. The maximum atomic E-state index is 10.7. The predicted molar refractivity (Wildman–Crippen MR) is 70.4 cm³/mol. The lowest BCUT2D eigenvalue weighted by Crippen LogP contribution is -2.06. The Balaban J connectivity index is 2.36. The molecule has 0 unspecified atom stereocenters. The number of aromatic nitrogens is 1. The van der Waals surface area contributed by atoms with E-state index in [4.69, 9.17) is 21.4 Å². The zero-order chi connectivity index (χ0) is 13.4. The molecule has 0 amide bonds. The topological polar surface area (TPSA) is 71.5 Å². The second-order valence-corrected chi connectivity index (χ2v) is 4.25. The minimum atomic E-state index is -1.03. The summed E-state index contributed by atoms with van der Waals surface area (Å²) in [5.74, 6) is -0.510. The summed E-state index contributed by atoms with van der Waals surface area (Å²) in [6.45, 7) is 1.52. The number of carboxylic acid groups (broad SMARTS) is 1. The third kappa shape index (κ3) is 4.89. The van der Waals surface area contributed by atoms with Gasteiger partial charge < -0.3 is 15.2 Å². The third-order valence-electron chi connectivity index (χ3n) is 2.41. The highest BCUT2D eigenvalue weighted by Crippen LogP contribution is 2.20. The van der Waals surface area contributed by atoms with Crippen LogP contribution in [0.15, 0.2) is 12.3 Å². The molecular weight excluding hydrogens is 256 g/mol. The molecule has 5 nitrogen and oxygen atoms in total. The van der Waals surface area contributed by atoms with Crippen molar-refractivity contribution in [2.45, 2.75) is 19.3 Å². The Labute approximate surface area is 111 Å². The first-order valence-electron chi connectivity index (χ1n) is 5.77. The first kappa shape index (κ1) is 14.7. The largest absolute Gasteiger partial charge is 0.478 e. The van der Waals surface area contributed by atoms with Crippen LogP contribution in [0.1, 0.15) is 29.6 Å². The van der Waals surface area contributed by atoms with Gasteiger partial charge in [-0.3, -0.25) is 0 Å². The van der Waals surface area contributed by atoms with Crippen LogP contribution in [0.3, 0.4) is 0 Å². The molecule has 0 atom stereocenters. The highest BCUT2D eigenvalue weighted by Gasteiger charge is 2.07. The van der Waals surface area contributed by atoms with Crippen molar-refractivity contribution in [1.82, 2.24) is 4.98 Å². The zero-order valence-electron chi connectivity index (χ0n) is 10.3. The highest BCUT2D eigenvalue weighted by molar-refractivity contribution is 6.33. The lowest BCUT2D eigenvalue weighted by Gasteiger charge is -2.07. The van der Waals surface area contributed by atoms with Crippen molar-refractivity contribution in [3.63, 3.8) is 0 Å². The summed E-state index contributed by atoms with van der Waals surface area (Å²) in [5, 5.41) is 12.2. The van der Waals surface area contributed by atoms with Crippen molar-refractivity contribution in [3.8, 4) is 0 Å². The lowest BCUT2D eigenvalue weighted by molar-refractivity contribution is 0.0696. The molecule has 6 heteroatoms. The molecule has 0 bridgehead atoms. The number of aromatic carboxylic acids is 1. The van der Waals surface area contributed by atoms with E-state index in [1.165, 1.54) is 12.3 Å². The number of carbonyl (C=O) groups is 1. The van der Waals surface area contributed by atoms with E-state index in [-0.39, 0.29) is 5.56 Å². The van der Waals surface area contributed by atoms with Gasteiger partial charge in [-0.25, -0.2) is 9.78 Å². The number of rotatable bonds is 8. The van der Waals surface area contributed by atoms with Gasteiger partial charge in [0, 0.05) is 26.5 Å². The SMILES string of the molecule is COCCCCCNc1ncc(C(=O)O)cc1Cl. The summed E-state index contributed by atoms with van der Waals surface area (Å²) in [4.78, 5) is 14.7. The van der Waals surface area contributed by atoms with Crippen molar-refractivity contribution in [1.29, 1.82) is 0 Å². The van der Waals surface area contributed by atoms with Crippen LogP contribution < -0.4 is 5.32 Å². The number of anilines is 1. The van der Waals surface area contributed by atoms with Crippen LogP contribution in [0.5, 0.6) is 0 Å². The summed E-state index contributed by atoms with van der Waals surface area (Å²) >= 11 is 5.93. The van der Waals surface area contributed by atoms with E-state index in [9.17, 15) is 4.79 Å². The Kier molecular flexibility index (Phi) is 6.46. The number of ether oxygens (including phenoxy) is 1. The van der Waals surface area contributed by atoms with Gasteiger partial charge in [0.05, 0.1) is 10.6 Å². The zero-order valence-corrected chi connectivity index (χ0v) is 11.0. The van der Waals surface area contributed by atoms with Gasteiger partial charge in [-0.2, -0.15) is 0 Å².